The summed E-state index contributed by atoms with van der Waals surface area (Å²) < 4.78 is 13.1. The van der Waals surface area contributed by atoms with Crippen LogP contribution < -0.4 is 27.1 Å². The number of carbonyl (C=O) groups excluding carboxylic acids is 6. The minimum Gasteiger partial charge on any atom is -0.481 e. The van der Waals surface area contributed by atoms with Crippen molar-refractivity contribution in [3.63, 3.8) is 0 Å². The van der Waals surface area contributed by atoms with E-state index in [0.717, 1.165) is 16.7 Å². The van der Waals surface area contributed by atoms with Crippen LogP contribution in [-0.4, -0.2) is 120 Å². The van der Waals surface area contributed by atoms with Crippen LogP contribution in [0.2, 0.25) is 0 Å². The minimum atomic E-state index is -1.07. The topological polar surface area (TPSA) is 253 Å². The summed E-state index contributed by atoms with van der Waals surface area (Å²) in [7, 11) is 3.71. The lowest BCUT2D eigenvalue weighted by Gasteiger charge is -2.24. The van der Waals surface area contributed by atoms with Crippen molar-refractivity contribution in [2.75, 3.05) is 47.1 Å². The molecule has 0 aliphatic heterocycles. The van der Waals surface area contributed by atoms with Gasteiger partial charge in [0.1, 0.15) is 11.4 Å². The van der Waals surface area contributed by atoms with E-state index >= 15 is 0 Å². The van der Waals surface area contributed by atoms with E-state index in [-0.39, 0.29) is 113 Å². The molecule has 0 unspecified atom stereocenters. The number of nitrogens with two attached hydrogens (primary N) is 1. The average Bonchev–Trinajstić information content (AvgIpc) is 3.53. The smallest absolute Gasteiger partial charge is 0.312 e. The number of amides is 4. The number of primary amides is 1. The number of Topliss-reactive ketones (excluding diaryl/α,β-unsaturated/α-hetero) is 3. The van der Waals surface area contributed by atoms with Gasteiger partial charge in [0, 0.05) is 88.5 Å². The Morgan fingerprint density at radius 1 is 0.914 bits per heavy atom. The number of carbonyl (C=O) groups is 7. The van der Waals surface area contributed by atoms with E-state index in [0.29, 0.717) is 32.4 Å². The molecular weight excluding hydrogens is 752 g/mol. The number of urea groups is 1. The maximum Gasteiger partial charge on any atom is 0.312 e. The Labute approximate surface area is 340 Å². The van der Waals surface area contributed by atoms with Crippen molar-refractivity contribution in [1.82, 2.24) is 35.9 Å². The number of fused-ring (bicyclic) bond motifs is 1. The zero-order valence-corrected chi connectivity index (χ0v) is 34.7. The molecule has 0 saturated heterocycles. The zero-order chi connectivity index (χ0) is 43.0. The van der Waals surface area contributed by atoms with Crippen LogP contribution in [0.15, 0.2) is 24.4 Å². The summed E-state index contributed by atoms with van der Waals surface area (Å²) in [5.41, 5.74) is 9.84. The van der Waals surface area contributed by atoms with E-state index in [2.05, 4.69) is 26.4 Å². The van der Waals surface area contributed by atoms with Crippen molar-refractivity contribution in [2.45, 2.75) is 110 Å². The molecule has 0 bridgehead atoms. The first-order valence-corrected chi connectivity index (χ1v) is 20.1. The Morgan fingerprint density at radius 2 is 1.62 bits per heavy atom. The number of rotatable bonds is 32. The van der Waals surface area contributed by atoms with Crippen LogP contribution in [0.1, 0.15) is 90.7 Å². The number of hydrazine groups is 1. The molecule has 7 N–H and O–H groups in total. The van der Waals surface area contributed by atoms with Crippen LogP contribution in [0.5, 0.6) is 0 Å². The van der Waals surface area contributed by atoms with Crippen molar-refractivity contribution in [1.29, 1.82) is 0 Å². The number of aliphatic carboxylic acids is 1. The highest BCUT2D eigenvalue weighted by molar-refractivity contribution is 5.92. The maximum absolute atomic E-state index is 13.1. The number of aryl methyl sites for hydroxylation is 1. The van der Waals surface area contributed by atoms with Gasteiger partial charge < -0.3 is 40.8 Å². The van der Waals surface area contributed by atoms with Crippen molar-refractivity contribution in [3.8, 4) is 0 Å². The van der Waals surface area contributed by atoms with Gasteiger partial charge >= 0.3 is 12.0 Å². The Kier molecular flexibility index (Phi) is 23.0. The highest BCUT2D eigenvalue weighted by Gasteiger charge is 2.29. The average molecular weight is 817 g/mol. The number of carboxylic acid groups (broad SMARTS) is 1. The van der Waals surface area contributed by atoms with E-state index < -0.39 is 30.0 Å². The number of hydrogen-bond acceptors (Lipinski definition) is 12. The molecular formula is C40H64N8O10. The predicted octanol–water partition coefficient (Wildman–Crippen LogP) is 2.26. The Hall–Kier alpha value is -4.78. The number of hydrogen-bond donors (Lipinski definition) is 6. The summed E-state index contributed by atoms with van der Waals surface area (Å²) in [6.45, 7) is 7.34. The van der Waals surface area contributed by atoms with E-state index in [1.807, 2.05) is 55.7 Å². The quantitative estimate of drug-likeness (QED) is 0.0459. The normalized spacial score (nSPS) is 12.9. The van der Waals surface area contributed by atoms with Crippen molar-refractivity contribution in [3.05, 3.63) is 30.1 Å². The molecule has 0 radical (unpaired) electrons. The van der Waals surface area contributed by atoms with Crippen LogP contribution in [0, 0.1) is 11.8 Å². The van der Waals surface area contributed by atoms with Crippen LogP contribution in [0.4, 0.5) is 4.79 Å². The SMILES string of the molecule is CCC(=O)[C@H](CCCNC(N)=O)NC(=O)[C@@H](CC(=O)CCOCCOCCCC(=O)[C@H](CCC(=O)O)NC(=O)CCn1c(CN(C)NC)cc2cccnc21)C(C)C. The molecule has 2 aromatic rings. The second-order valence-corrected chi connectivity index (χ2v) is 14.5. The summed E-state index contributed by atoms with van der Waals surface area (Å²) in [4.78, 5) is 91.1. The van der Waals surface area contributed by atoms with E-state index in [9.17, 15) is 38.7 Å². The molecule has 324 valence electrons. The van der Waals surface area contributed by atoms with E-state index in [1.165, 1.54) is 0 Å². The molecule has 18 heteroatoms. The van der Waals surface area contributed by atoms with Gasteiger partial charge in [0.05, 0.1) is 38.4 Å². The third-order valence-electron chi connectivity index (χ3n) is 9.68. The molecule has 0 fully saturated rings. The number of pyridine rings is 1. The third-order valence-corrected chi connectivity index (χ3v) is 9.68. The highest BCUT2D eigenvalue weighted by atomic mass is 16.5. The number of ketones is 3. The van der Waals surface area contributed by atoms with Crippen molar-refractivity contribution < 1.29 is 48.1 Å². The lowest BCUT2D eigenvalue weighted by Crippen LogP contribution is -2.45. The fourth-order valence-electron chi connectivity index (χ4n) is 6.27. The molecule has 58 heavy (non-hydrogen) atoms. The summed E-state index contributed by atoms with van der Waals surface area (Å²) in [6, 6.07) is 3.48. The standard InChI is InChI=1S/C40H64N8O10/c1-6-34(50)32(11-8-18-44-40(41)56)46-39(55)31(27(2)3)25-30(49)16-21-58-23-22-57-20-9-12-35(51)33(13-14-37(53)54)45-36(52)15-19-48-29(26-47(5)42-4)24-28-10-7-17-43-38(28)48/h7,10,17,24,27,31-33,42H,6,8-9,11-16,18-23,25-26H2,1-5H3,(H,45,52)(H,46,55)(H,53,54)(H3,41,44,56)/t31-,32-,33-/m0/s1. The first-order valence-electron chi connectivity index (χ1n) is 20.1. The summed E-state index contributed by atoms with van der Waals surface area (Å²) in [5.74, 6) is -3.16. The first kappa shape index (κ1) is 49.4. The van der Waals surface area contributed by atoms with Gasteiger partial charge in [-0.1, -0.05) is 20.8 Å². The fraction of sp³-hybridized carbons (Fsp3) is 0.650. The van der Waals surface area contributed by atoms with Gasteiger partial charge in [0.2, 0.25) is 11.8 Å². The van der Waals surface area contributed by atoms with Crippen molar-refractivity contribution in [2.24, 2.45) is 17.6 Å². The number of nitrogens with zero attached hydrogens (tertiary/aromatic N) is 3. The van der Waals surface area contributed by atoms with E-state index in [4.69, 9.17) is 15.2 Å². The van der Waals surface area contributed by atoms with Gasteiger partial charge in [-0.2, -0.15) is 0 Å². The molecule has 2 heterocycles. The third kappa shape index (κ3) is 18.7. The fourth-order valence-corrected chi connectivity index (χ4v) is 6.27. The highest BCUT2D eigenvalue weighted by Crippen LogP contribution is 2.20. The predicted molar refractivity (Wildman–Crippen MR) is 216 cm³/mol. The zero-order valence-electron chi connectivity index (χ0n) is 34.7. The van der Waals surface area contributed by atoms with Crippen LogP contribution in [-0.2, 0) is 51.3 Å². The van der Waals surface area contributed by atoms with Gasteiger partial charge in [0.15, 0.2) is 11.6 Å². The maximum atomic E-state index is 13.1. The number of carboxylic acids is 1. The van der Waals surface area contributed by atoms with Crippen molar-refractivity contribution >= 4 is 52.2 Å². The largest absolute Gasteiger partial charge is 0.481 e. The molecule has 0 spiro atoms. The molecule has 0 aromatic carbocycles. The Morgan fingerprint density at radius 3 is 2.28 bits per heavy atom. The second-order valence-electron chi connectivity index (χ2n) is 14.5. The van der Waals surface area contributed by atoms with Crippen LogP contribution in [0.3, 0.4) is 0 Å². The van der Waals surface area contributed by atoms with Crippen LogP contribution >= 0.6 is 0 Å². The molecule has 4 amide bonds. The summed E-state index contributed by atoms with van der Waals surface area (Å²) in [6.07, 6.45) is 3.00. The molecule has 0 saturated carbocycles. The molecule has 0 aliphatic carbocycles. The molecule has 2 rings (SSSR count). The van der Waals surface area contributed by atoms with Gasteiger partial charge in [-0.05, 0) is 56.8 Å². The molecule has 2 aromatic heterocycles. The summed E-state index contributed by atoms with van der Waals surface area (Å²) >= 11 is 0. The number of ether oxygens (including phenoxy) is 2. The van der Waals surface area contributed by atoms with Gasteiger partial charge in [-0.15, -0.1) is 0 Å². The Bertz CT molecular complexity index is 1650. The summed E-state index contributed by atoms with van der Waals surface area (Å²) in [5, 5.41) is 20.1. The molecule has 18 nitrogen and oxygen atoms in total. The van der Waals surface area contributed by atoms with Gasteiger partial charge in [-0.25, -0.2) is 14.8 Å². The monoisotopic (exact) mass is 816 g/mol. The number of nitrogens with one attached hydrogen (secondary N) is 4. The first-order chi connectivity index (χ1) is 27.7. The molecule has 3 atom stereocenters. The van der Waals surface area contributed by atoms with Gasteiger partial charge in [0.25, 0.3) is 0 Å². The Balaban J connectivity index is 1.74. The van der Waals surface area contributed by atoms with Gasteiger partial charge in [-0.3, -0.25) is 34.2 Å². The molecule has 0 aliphatic rings. The van der Waals surface area contributed by atoms with E-state index in [1.54, 1.807) is 13.1 Å². The second kappa shape index (κ2) is 27.0. The van der Waals surface area contributed by atoms with Crippen LogP contribution in [0.25, 0.3) is 11.0 Å². The minimum absolute atomic E-state index is 0.000917. The number of aromatic nitrogens is 2. The lowest BCUT2D eigenvalue weighted by molar-refractivity contribution is -0.138. The lowest BCUT2D eigenvalue weighted by atomic mass is 9.88.